The summed E-state index contributed by atoms with van der Waals surface area (Å²) in [6.45, 7) is 0. The highest BCUT2D eigenvalue weighted by atomic mass is 35.5. The van der Waals surface area contributed by atoms with E-state index in [-0.39, 0.29) is 10.8 Å². The number of H-pyrrole nitrogens is 2. The summed E-state index contributed by atoms with van der Waals surface area (Å²) in [5, 5.41) is 9.94. The molecule has 0 radical (unpaired) electrons. The van der Waals surface area contributed by atoms with Gasteiger partial charge in [0, 0.05) is 5.02 Å². The summed E-state index contributed by atoms with van der Waals surface area (Å²) in [5.41, 5.74) is 1.69. The maximum Gasteiger partial charge on any atom is 0.342 e. The molecule has 0 saturated heterocycles. The van der Waals surface area contributed by atoms with E-state index in [0.717, 1.165) is 17.3 Å². The number of rotatable bonds is 5. The maximum atomic E-state index is 11.6. The fourth-order valence-electron chi connectivity index (χ4n) is 1.37. The van der Waals surface area contributed by atoms with Crippen LogP contribution >= 0.6 is 23.4 Å². The predicted octanol–water partition coefficient (Wildman–Crippen LogP) is 0.354. The number of hydrogen-bond acceptors (Lipinski definition) is 6. The van der Waals surface area contributed by atoms with Crippen molar-refractivity contribution < 1.29 is 4.79 Å². The summed E-state index contributed by atoms with van der Waals surface area (Å²) in [4.78, 5) is 35.7. The smallest absolute Gasteiger partial charge is 0.272 e. The Morgan fingerprint density at radius 3 is 3.00 bits per heavy atom. The molecule has 0 aliphatic carbocycles. The van der Waals surface area contributed by atoms with Gasteiger partial charge in [-0.2, -0.15) is 10.2 Å². The average Bonchev–Trinajstić information content (AvgIpc) is 2.46. The Kier molecular flexibility index (Phi) is 5.50. The van der Waals surface area contributed by atoms with Crippen LogP contribution in [0.3, 0.4) is 0 Å². The van der Waals surface area contributed by atoms with Crippen LogP contribution in [-0.4, -0.2) is 33.1 Å². The van der Waals surface area contributed by atoms with E-state index in [0.29, 0.717) is 5.02 Å². The van der Waals surface area contributed by atoms with Gasteiger partial charge in [0.1, 0.15) is 0 Å². The fraction of sp³-hybridized carbons (Fsp3) is 0.0833. The third-order valence-corrected chi connectivity index (χ3v) is 3.46. The lowest BCUT2D eigenvalue weighted by atomic mass is 10.2. The van der Waals surface area contributed by atoms with Crippen molar-refractivity contribution in [2.45, 2.75) is 5.03 Å². The van der Waals surface area contributed by atoms with Gasteiger partial charge in [-0.25, -0.2) is 15.3 Å². The first-order chi connectivity index (χ1) is 10.5. The molecule has 1 amide bonds. The van der Waals surface area contributed by atoms with E-state index in [9.17, 15) is 14.4 Å². The molecule has 0 atom stereocenters. The minimum Gasteiger partial charge on any atom is -0.272 e. The highest BCUT2D eigenvalue weighted by Gasteiger charge is 2.06. The van der Waals surface area contributed by atoms with Crippen molar-refractivity contribution in [2.24, 2.45) is 5.10 Å². The van der Waals surface area contributed by atoms with Crippen molar-refractivity contribution in [3.05, 3.63) is 55.7 Å². The third kappa shape index (κ3) is 4.86. The third-order valence-electron chi connectivity index (χ3n) is 2.27. The molecule has 3 N–H and O–H groups in total. The molecular formula is C12H10ClN5O3S. The van der Waals surface area contributed by atoms with Gasteiger partial charge >= 0.3 is 5.69 Å². The number of aromatic amines is 2. The molecule has 8 nitrogen and oxygen atoms in total. The average molecular weight is 340 g/mol. The van der Waals surface area contributed by atoms with Crippen LogP contribution in [0.5, 0.6) is 0 Å². The summed E-state index contributed by atoms with van der Waals surface area (Å²) in [6.07, 6.45) is 1.44. The standard InChI is InChI=1S/C12H10ClN5O3S/c13-8-3-1-2-7(4-8)5-14-16-9(19)6-22-11-10(20)15-12(21)18-17-11/h1-5H,6H2,(H,16,19)(H2,15,18,20,21)/b14-5+. The normalized spacial score (nSPS) is 10.8. The lowest BCUT2D eigenvalue weighted by molar-refractivity contribution is -0.118. The minimum absolute atomic E-state index is 0.00595. The van der Waals surface area contributed by atoms with E-state index in [1.807, 2.05) is 4.98 Å². The SMILES string of the molecule is O=C(CSc1n[nH]c(=O)[nH]c1=O)N/N=C/c1cccc(Cl)c1. The molecular weight excluding hydrogens is 330 g/mol. The first-order valence-corrected chi connectivity index (χ1v) is 7.30. The van der Waals surface area contributed by atoms with Gasteiger partial charge in [-0.15, -0.1) is 0 Å². The molecule has 2 aromatic rings. The molecule has 1 heterocycles. The molecule has 0 aliphatic heterocycles. The molecule has 0 unspecified atom stereocenters. The second kappa shape index (κ2) is 7.57. The summed E-state index contributed by atoms with van der Waals surface area (Å²) in [6, 6.07) is 6.95. The van der Waals surface area contributed by atoms with Crippen molar-refractivity contribution in [1.82, 2.24) is 20.6 Å². The molecule has 1 aromatic carbocycles. The molecule has 0 bridgehead atoms. The number of hydrazone groups is 1. The number of carbonyl (C=O) groups excluding carboxylic acids is 1. The number of thioether (sulfide) groups is 1. The fourth-order valence-corrected chi connectivity index (χ4v) is 2.19. The zero-order chi connectivity index (χ0) is 15.9. The highest BCUT2D eigenvalue weighted by Crippen LogP contribution is 2.09. The Labute approximate surface area is 133 Å². The summed E-state index contributed by atoms with van der Waals surface area (Å²) >= 11 is 6.69. The van der Waals surface area contributed by atoms with E-state index in [2.05, 4.69) is 20.7 Å². The minimum atomic E-state index is -0.704. The van der Waals surface area contributed by atoms with Gasteiger partial charge in [0.05, 0.1) is 12.0 Å². The van der Waals surface area contributed by atoms with Crippen LogP contribution < -0.4 is 16.7 Å². The number of halogens is 1. The maximum absolute atomic E-state index is 11.6. The van der Waals surface area contributed by atoms with Crippen LogP contribution in [0.25, 0.3) is 0 Å². The van der Waals surface area contributed by atoms with E-state index in [4.69, 9.17) is 11.6 Å². The van der Waals surface area contributed by atoms with Gasteiger partial charge in [-0.05, 0) is 17.7 Å². The van der Waals surface area contributed by atoms with Gasteiger partial charge < -0.3 is 0 Å². The lowest BCUT2D eigenvalue weighted by Crippen LogP contribution is -2.26. The molecule has 0 fully saturated rings. The molecule has 0 aliphatic rings. The van der Waals surface area contributed by atoms with Crippen molar-refractivity contribution >= 4 is 35.5 Å². The first kappa shape index (κ1) is 16.0. The quantitative estimate of drug-likeness (QED) is 0.412. The van der Waals surface area contributed by atoms with Gasteiger partial charge in [-0.1, -0.05) is 35.5 Å². The van der Waals surface area contributed by atoms with Gasteiger partial charge in [0.15, 0.2) is 5.03 Å². The van der Waals surface area contributed by atoms with Crippen LogP contribution in [0, 0.1) is 0 Å². The van der Waals surface area contributed by atoms with E-state index < -0.39 is 17.2 Å². The Morgan fingerprint density at radius 2 is 2.27 bits per heavy atom. The number of amides is 1. The van der Waals surface area contributed by atoms with Crippen LogP contribution in [0.2, 0.25) is 5.02 Å². The van der Waals surface area contributed by atoms with Crippen molar-refractivity contribution in [3.63, 3.8) is 0 Å². The molecule has 1 aromatic heterocycles. The largest absolute Gasteiger partial charge is 0.342 e. The van der Waals surface area contributed by atoms with E-state index in [1.54, 1.807) is 24.3 Å². The molecule has 114 valence electrons. The summed E-state index contributed by atoms with van der Waals surface area (Å²) in [5.74, 6) is -0.495. The molecule has 2 rings (SSSR count). The van der Waals surface area contributed by atoms with Crippen LogP contribution in [0.15, 0.2) is 44.0 Å². The van der Waals surface area contributed by atoms with Crippen LogP contribution in [-0.2, 0) is 4.79 Å². The van der Waals surface area contributed by atoms with Gasteiger partial charge in [0.25, 0.3) is 5.56 Å². The second-order valence-corrected chi connectivity index (χ2v) is 5.35. The van der Waals surface area contributed by atoms with E-state index >= 15 is 0 Å². The molecule has 22 heavy (non-hydrogen) atoms. The molecule has 0 spiro atoms. The van der Waals surface area contributed by atoms with Gasteiger partial charge in [0.2, 0.25) is 5.91 Å². The number of benzene rings is 1. The highest BCUT2D eigenvalue weighted by molar-refractivity contribution is 7.99. The monoisotopic (exact) mass is 339 g/mol. The van der Waals surface area contributed by atoms with Gasteiger partial charge in [-0.3, -0.25) is 14.6 Å². The topological polar surface area (TPSA) is 120 Å². The number of nitrogens with zero attached hydrogens (tertiary/aromatic N) is 2. The van der Waals surface area contributed by atoms with E-state index in [1.165, 1.54) is 6.21 Å². The second-order valence-electron chi connectivity index (χ2n) is 3.95. The number of hydrogen-bond donors (Lipinski definition) is 3. The van der Waals surface area contributed by atoms with Crippen molar-refractivity contribution in [3.8, 4) is 0 Å². The Bertz CT molecular complexity index is 817. The number of nitrogens with one attached hydrogen (secondary N) is 3. The number of carbonyl (C=O) groups is 1. The zero-order valence-corrected chi connectivity index (χ0v) is 12.6. The molecule has 0 saturated carbocycles. The Balaban J connectivity index is 1.85. The van der Waals surface area contributed by atoms with Crippen molar-refractivity contribution in [1.29, 1.82) is 0 Å². The Hall–Kier alpha value is -2.39. The van der Waals surface area contributed by atoms with Crippen LogP contribution in [0.4, 0.5) is 0 Å². The molecule has 10 heteroatoms. The number of aromatic nitrogens is 3. The summed E-state index contributed by atoms with van der Waals surface area (Å²) in [7, 11) is 0. The summed E-state index contributed by atoms with van der Waals surface area (Å²) < 4.78 is 0. The Morgan fingerprint density at radius 1 is 1.45 bits per heavy atom. The van der Waals surface area contributed by atoms with Crippen molar-refractivity contribution in [2.75, 3.05) is 5.75 Å². The first-order valence-electron chi connectivity index (χ1n) is 5.94. The predicted molar refractivity (Wildman–Crippen MR) is 83.4 cm³/mol. The zero-order valence-electron chi connectivity index (χ0n) is 11.0. The van der Waals surface area contributed by atoms with Crippen LogP contribution in [0.1, 0.15) is 5.56 Å². The lowest BCUT2D eigenvalue weighted by Gasteiger charge is -1.99.